The van der Waals surface area contributed by atoms with Crippen LogP contribution in [0.4, 0.5) is 5.69 Å². The van der Waals surface area contributed by atoms with E-state index in [2.05, 4.69) is 5.32 Å². The molecule has 0 saturated carbocycles. The molecule has 0 aliphatic heterocycles. The van der Waals surface area contributed by atoms with E-state index in [0.717, 1.165) is 4.57 Å². The van der Waals surface area contributed by atoms with Gasteiger partial charge >= 0.3 is 5.69 Å². The number of carbonyl (C=O) groups excluding carboxylic acids is 1. The summed E-state index contributed by atoms with van der Waals surface area (Å²) in [6, 6.07) is 5.97. The van der Waals surface area contributed by atoms with Crippen molar-refractivity contribution < 1.29 is 4.79 Å². The van der Waals surface area contributed by atoms with Crippen LogP contribution in [0.3, 0.4) is 0 Å². The van der Waals surface area contributed by atoms with E-state index < -0.39 is 17.2 Å². The van der Waals surface area contributed by atoms with Gasteiger partial charge in [-0.25, -0.2) is 4.79 Å². The van der Waals surface area contributed by atoms with Crippen LogP contribution >= 0.6 is 11.6 Å². The molecule has 1 aromatic heterocycles. The molecule has 2 rings (SSSR count). The zero-order chi connectivity index (χ0) is 16.4. The average Bonchev–Trinajstić information content (AvgIpc) is 2.47. The molecule has 22 heavy (non-hydrogen) atoms. The molecule has 1 aromatic carbocycles. The van der Waals surface area contributed by atoms with Gasteiger partial charge in [-0.3, -0.25) is 18.7 Å². The third-order valence-corrected chi connectivity index (χ3v) is 3.57. The fourth-order valence-electron chi connectivity index (χ4n) is 2.01. The van der Waals surface area contributed by atoms with Crippen molar-refractivity contribution in [1.29, 1.82) is 0 Å². The number of nitrogens with one attached hydrogen (secondary N) is 1. The summed E-state index contributed by atoms with van der Waals surface area (Å²) in [4.78, 5) is 34.9. The van der Waals surface area contributed by atoms with Crippen molar-refractivity contribution in [3.05, 3.63) is 61.4 Å². The molecule has 0 aliphatic carbocycles. The maximum absolute atomic E-state index is 11.9. The van der Waals surface area contributed by atoms with Crippen LogP contribution in [0.15, 0.2) is 33.9 Å². The molecule has 3 N–H and O–H groups in total. The number of amides is 1. The number of rotatable bonds is 4. The fourth-order valence-corrected chi connectivity index (χ4v) is 2.18. The molecule has 2 aromatic rings. The minimum absolute atomic E-state index is 0.169. The number of hydrogen-bond donors (Lipinski definition) is 2. The van der Waals surface area contributed by atoms with E-state index in [1.165, 1.54) is 23.7 Å². The average molecular weight is 323 g/mol. The Bertz CT molecular complexity index is 854. The van der Waals surface area contributed by atoms with Crippen molar-refractivity contribution >= 4 is 23.2 Å². The van der Waals surface area contributed by atoms with Gasteiger partial charge in [0, 0.05) is 36.6 Å². The van der Waals surface area contributed by atoms with Gasteiger partial charge in [0.15, 0.2) is 0 Å². The number of aromatic nitrogens is 2. The summed E-state index contributed by atoms with van der Waals surface area (Å²) in [5.41, 5.74) is 5.66. The normalized spacial score (nSPS) is 10.5. The lowest BCUT2D eigenvalue weighted by Crippen LogP contribution is -2.38. The maximum atomic E-state index is 11.9. The van der Waals surface area contributed by atoms with Gasteiger partial charge < -0.3 is 11.1 Å². The number of hydrogen-bond acceptors (Lipinski definition) is 4. The Morgan fingerprint density at radius 3 is 2.55 bits per heavy atom. The van der Waals surface area contributed by atoms with Gasteiger partial charge in [-0.05, 0) is 18.2 Å². The van der Waals surface area contributed by atoms with Crippen molar-refractivity contribution in [1.82, 2.24) is 9.13 Å². The lowest BCUT2D eigenvalue weighted by molar-refractivity contribution is 0.100. The van der Waals surface area contributed by atoms with Gasteiger partial charge in [0.2, 0.25) is 0 Å². The summed E-state index contributed by atoms with van der Waals surface area (Å²) in [5.74, 6) is -0.600. The summed E-state index contributed by atoms with van der Waals surface area (Å²) < 4.78 is 2.36. The van der Waals surface area contributed by atoms with Crippen LogP contribution in [-0.2, 0) is 20.6 Å². The topological polar surface area (TPSA) is 99.1 Å². The molecule has 0 radical (unpaired) electrons. The first-order valence-electron chi connectivity index (χ1n) is 6.40. The highest BCUT2D eigenvalue weighted by Gasteiger charge is 2.10. The SMILES string of the molecule is Cn1c(CNc2cc(Cl)ccc2C(N)=O)cc(=O)n(C)c1=O. The Hall–Kier alpha value is -2.54. The zero-order valence-electron chi connectivity index (χ0n) is 12.1. The number of nitrogens with zero attached hydrogens (tertiary/aromatic N) is 2. The van der Waals surface area contributed by atoms with Gasteiger partial charge in [-0.1, -0.05) is 11.6 Å². The highest BCUT2D eigenvalue weighted by Crippen LogP contribution is 2.21. The van der Waals surface area contributed by atoms with Crippen LogP contribution in [-0.4, -0.2) is 15.0 Å². The monoisotopic (exact) mass is 322 g/mol. The summed E-state index contributed by atoms with van der Waals surface area (Å²) in [7, 11) is 2.97. The van der Waals surface area contributed by atoms with Crippen LogP contribution in [0.25, 0.3) is 0 Å². The molecule has 1 heterocycles. The second-order valence-electron chi connectivity index (χ2n) is 4.78. The van der Waals surface area contributed by atoms with E-state index in [4.69, 9.17) is 17.3 Å². The largest absolute Gasteiger partial charge is 0.379 e. The fraction of sp³-hybridized carbons (Fsp3) is 0.214. The zero-order valence-corrected chi connectivity index (χ0v) is 12.8. The van der Waals surface area contributed by atoms with Crippen molar-refractivity contribution in [2.75, 3.05) is 5.32 Å². The molecule has 1 amide bonds. The molecular formula is C14H15ClN4O3. The Morgan fingerprint density at radius 1 is 1.23 bits per heavy atom. The molecule has 0 unspecified atom stereocenters. The molecule has 0 saturated heterocycles. The minimum atomic E-state index is -0.600. The molecule has 7 nitrogen and oxygen atoms in total. The Kier molecular flexibility index (Phi) is 4.37. The molecule has 0 bridgehead atoms. The van der Waals surface area contributed by atoms with Gasteiger partial charge in [-0.2, -0.15) is 0 Å². The number of anilines is 1. The van der Waals surface area contributed by atoms with E-state index in [0.29, 0.717) is 16.4 Å². The lowest BCUT2D eigenvalue weighted by Gasteiger charge is -2.13. The third kappa shape index (κ3) is 3.04. The highest BCUT2D eigenvalue weighted by atomic mass is 35.5. The van der Waals surface area contributed by atoms with Crippen molar-refractivity contribution in [3.63, 3.8) is 0 Å². The first-order valence-corrected chi connectivity index (χ1v) is 6.78. The van der Waals surface area contributed by atoms with E-state index >= 15 is 0 Å². The minimum Gasteiger partial charge on any atom is -0.379 e. The van der Waals surface area contributed by atoms with Gasteiger partial charge in [-0.15, -0.1) is 0 Å². The van der Waals surface area contributed by atoms with Gasteiger partial charge in [0.05, 0.1) is 12.1 Å². The molecule has 8 heteroatoms. The predicted molar refractivity (Wildman–Crippen MR) is 84.2 cm³/mol. The van der Waals surface area contributed by atoms with Crippen LogP contribution in [0, 0.1) is 0 Å². The molecule has 0 aliphatic rings. The molecule has 0 atom stereocenters. The quantitative estimate of drug-likeness (QED) is 0.853. The predicted octanol–water partition coefficient (Wildman–Crippen LogP) is 0.448. The Balaban J connectivity index is 2.36. The smallest absolute Gasteiger partial charge is 0.330 e. The number of carbonyl (C=O) groups is 1. The summed E-state index contributed by atoms with van der Waals surface area (Å²) in [5, 5.41) is 3.41. The van der Waals surface area contributed by atoms with E-state index in [1.807, 2.05) is 0 Å². The number of nitrogens with two attached hydrogens (primary N) is 1. The number of benzene rings is 1. The molecular weight excluding hydrogens is 308 g/mol. The number of primary amides is 1. The third-order valence-electron chi connectivity index (χ3n) is 3.33. The first-order chi connectivity index (χ1) is 10.3. The maximum Gasteiger partial charge on any atom is 0.330 e. The Morgan fingerprint density at radius 2 is 1.91 bits per heavy atom. The van der Waals surface area contributed by atoms with E-state index in [9.17, 15) is 14.4 Å². The Labute approximate surface area is 130 Å². The van der Waals surface area contributed by atoms with Crippen LogP contribution in [0.1, 0.15) is 16.1 Å². The van der Waals surface area contributed by atoms with Gasteiger partial charge in [0.1, 0.15) is 0 Å². The molecule has 0 spiro atoms. The van der Waals surface area contributed by atoms with Crippen molar-refractivity contribution in [2.24, 2.45) is 19.8 Å². The van der Waals surface area contributed by atoms with E-state index in [-0.39, 0.29) is 12.1 Å². The highest BCUT2D eigenvalue weighted by molar-refractivity contribution is 6.31. The van der Waals surface area contributed by atoms with E-state index in [1.54, 1.807) is 19.2 Å². The van der Waals surface area contributed by atoms with Crippen LogP contribution < -0.4 is 22.3 Å². The summed E-state index contributed by atoms with van der Waals surface area (Å²) in [6.45, 7) is 0.169. The molecule has 0 fully saturated rings. The van der Waals surface area contributed by atoms with Crippen LogP contribution in [0.2, 0.25) is 5.02 Å². The standard InChI is InChI=1S/C14H15ClN4O3/c1-18-9(6-12(20)19(2)14(18)22)7-17-11-5-8(15)3-4-10(11)13(16)21/h3-6,17H,7H2,1-2H3,(H2,16,21). The summed E-state index contributed by atoms with van der Waals surface area (Å²) in [6.07, 6.45) is 0. The number of halogens is 1. The van der Waals surface area contributed by atoms with Gasteiger partial charge in [0.25, 0.3) is 11.5 Å². The lowest BCUT2D eigenvalue weighted by atomic mass is 10.1. The molecule has 116 valence electrons. The van der Waals surface area contributed by atoms with Crippen molar-refractivity contribution in [2.45, 2.75) is 6.54 Å². The second kappa shape index (κ2) is 6.07. The second-order valence-corrected chi connectivity index (χ2v) is 5.22. The van der Waals surface area contributed by atoms with Crippen LogP contribution in [0.5, 0.6) is 0 Å². The first kappa shape index (κ1) is 15.8. The van der Waals surface area contributed by atoms with Crippen molar-refractivity contribution in [3.8, 4) is 0 Å². The summed E-state index contributed by atoms with van der Waals surface area (Å²) >= 11 is 5.91.